The molecule has 4 nitrogen and oxygen atoms in total. The number of carbonyl (C=O) groups excluding carboxylic acids is 1. The quantitative estimate of drug-likeness (QED) is 0.632. The summed E-state index contributed by atoms with van der Waals surface area (Å²) in [6.07, 6.45) is 2.89. The van der Waals surface area contributed by atoms with Crippen LogP contribution < -0.4 is 5.73 Å². The van der Waals surface area contributed by atoms with Crippen molar-refractivity contribution in [3.8, 4) is 0 Å². The lowest BCUT2D eigenvalue weighted by Crippen LogP contribution is -2.55. The van der Waals surface area contributed by atoms with Gasteiger partial charge in [-0.2, -0.15) is 0 Å². The van der Waals surface area contributed by atoms with E-state index in [-0.39, 0.29) is 17.9 Å². The normalized spacial score (nSPS) is 33.1. The average molecular weight is 198 g/mol. The molecule has 80 valence electrons. The Labute approximate surface area is 84.1 Å². The molecule has 1 saturated carbocycles. The van der Waals surface area contributed by atoms with Gasteiger partial charge >= 0.3 is 0 Å². The molecule has 0 aromatic heterocycles. The van der Waals surface area contributed by atoms with E-state index in [1.54, 1.807) is 4.90 Å². The second-order valence-electron chi connectivity index (χ2n) is 4.43. The summed E-state index contributed by atoms with van der Waals surface area (Å²) in [7, 11) is 0. The standard InChI is InChI=1S/C10H18N2O2/c11-4-7-2-1-3-9(7)10(14)12-5-8(13)6-12/h7-9,13H,1-6,11H2. The molecular formula is C10H18N2O2. The number of nitrogens with zero attached hydrogens (tertiary/aromatic N) is 1. The van der Waals surface area contributed by atoms with Crippen LogP contribution in [0.3, 0.4) is 0 Å². The topological polar surface area (TPSA) is 66.6 Å². The number of amides is 1. The molecule has 3 N–H and O–H groups in total. The van der Waals surface area contributed by atoms with E-state index in [9.17, 15) is 4.79 Å². The number of aliphatic hydroxyl groups is 1. The van der Waals surface area contributed by atoms with Gasteiger partial charge < -0.3 is 15.7 Å². The lowest BCUT2D eigenvalue weighted by Gasteiger charge is -2.38. The van der Waals surface area contributed by atoms with Crippen LogP contribution in [-0.2, 0) is 4.79 Å². The van der Waals surface area contributed by atoms with Gasteiger partial charge in [-0.3, -0.25) is 4.79 Å². The van der Waals surface area contributed by atoms with Crippen molar-refractivity contribution < 1.29 is 9.90 Å². The molecule has 1 saturated heterocycles. The lowest BCUT2D eigenvalue weighted by molar-refractivity contribution is -0.146. The van der Waals surface area contributed by atoms with Gasteiger partial charge in [-0.05, 0) is 25.3 Å². The summed E-state index contributed by atoms with van der Waals surface area (Å²) in [5, 5.41) is 9.11. The predicted octanol–water partition coefficient (Wildman–Crippen LogP) is -0.435. The van der Waals surface area contributed by atoms with Crippen molar-refractivity contribution in [2.24, 2.45) is 17.6 Å². The fourth-order valence-corrected chi connectivity index (χ4v) is 2.51. The van der Waals surface area contributed by atoms with Crippen molar-refractivity contribution in [3.05, 3.63) is 0 Å². The highest BCUT2D eigenvalue weighted by molar-refractivity contribution is 5.80. The molecule has 0 aromatic carbocycles. The summed E-state index contributed by atoms with van der Waals surface area (Å²) < 4.78 is 0. The van der Waals surface area contributed by atoms with Gasteiger partial charge in [0.1, 0.15) is 0 Å². The molecule has 0 radical (unpaired) electrons. The Morgan fingerprint density at radius 1 is 1.43 bits per heavy atom. The van der Waals surface area contributed by atoms with E-state index in [1.165, 1.54) is 0 Å². The third-order valence-corrected chi connectivity index (χ3v) is 3.45. The van der Waals surface area contributed by atoms with Gasteiger partial charge in [0.15, 0.2) is 0 Å². The first-order chi connectivity index (χ1) is 6.72. The van der Waals surface area contributed by atoms with Crippen LogP contribution in [0.5, 0.6) is 0 Å². The molecule has 2 fully saturated rings. The summed E-state index contributed by atoms with van der Waals surface area (Å²) in [6.45, 7) is 1.66. The van der Waals surface area contributed by atoms with Crippen molar-refractivity contribution in [3.63, 3.8) is 0 Å². The van der Waals surface area contributed by atoms with E-state index in [2.05, 4.69) is 0 Å². The minimum Gasteiger partial charge on any atom is -0.389 e. The van der Waals surface area contributed by atoms with Crippen molar-refractivity contribution >= 4 is 5.91 Å². The highest BCUT2D eigenvalue weighted by atomic mass is 16.3. The zero-order valence-corrected chi connectivity index (χ0v) is 8.35. The van der Waals surface area contributed by atoms with Crippen LogP contribution in [0.25, 0.3) is 0 Å². The van der Waals surface area contributed by atoms with Gasteiger partial charge in [-0.15, -0.1) is 0 Å². The summed E-state index contributed by atoms with van der Waals surface area (Å²) >= 11 is 0. The van der Waals surface area contributed by atoms with Crippen molar-refractivity contribution in [1.82, 2.24) is 4.90 Å². The minimum atomic E-state index is -0.295. The molecule has 4 heteroatoms. The molecule has 0 aromatic rings. The van der Waals surface area contributed by atoms with Crippen LogP contribution in [0.1, 0.15) is 19.3 Å². The Morgan fingerprint density at radius 3 is 2.71 bits per heavy atom. The van der Waals surface area contributed by atoms with Gasteiger partial charge in [-0.25, -0.2) is 0 Å². The molecule has 2 rings (SSSR count). The highest BCUT2D eigenvalue weighted by Crippen LogP contribution is 2.33. The number of rotatable bonds is 2. The zero-order valence-electron chi connectivity index (χ0n) is 8.35. The smallest absolute Gasteiger partial charge is 0.226 e. The third-order valence-electron chi connectivity index (χ3n) is 3.45. The second-order valence-corrected chi connectivity index (χ2v) is 4.43. The fraction of sp³-hybridized carbons (Fsp3) is 0.900. The van der Waals surface area contributed by atoms with Crippen LogP contribution >= 0.6 is 0 Å². The predicted molar refractivity (Wildman–Crippen MR) is 52.5 cm³/mol. The summed E-state index contributed by atoms with van der Waals surface area (Å²) in [5.41, 5.74) is 5.63. The third kappa shape index (κ3) is 1.64. The first-order valence-corrected chi connectivity index (χ1v) is 5.39. The van der Waals surface area contributed by atoms with Crippen LogP contribution in [0.15, 0.2) is 0 Å². The van der Waals surface area contributed by atoms with Gasteiger partial charge in [0.05, 0.1) is 6.10 Å². The molecule has 14 heavy (non-hydrogen) atoms. The van der Waals surface area contributed by atoms with Gasteiger partial charge in [0.25, 0.3) is 0 Å². The van der Waals surface area contributed by atoms with Crippen LogP contribution in [-0.4, -0.2) is 41.7 Å². The maximum absolute atomic E-state index is 11.9. The number of nitrogens with two attached hydrogens (primary N) is 1. The molecule has 0 spiro atoms. The Balaban J connectivity index is 1.90. The number of likely N-dealkylation sites (tertiary alicyclic amines) is 1. The molecule has 0 bridgehead atoms. The molecule has 1 aliphatic carbocycles. The van der Waals surface area contributed by atoms with E-state index in [4.69, 9.17) is 10.8 Å². The number of β-amino-alcohol motifs (C(OH)–C–C–N with tert-alkyl or cyclic N) is 1. The van der Waals surface area contributed by atoms with E-state index in [0.29, 0.717) is 25.6 Å². The Hall–Kier alpha value is -0.610. The first kappa shape index (κ1) is 9.93. The van der Waals surface area contributed by atoms with E-state index in [0.717, 1.165) is 19.3 Å². The Morgan fingerprint density at radius 2 is 2.14 bits per heavy atom. The Kier molecular flexibility index (Phi) is 2.74. The first-order valence-electron chi connectivity index (χ1n) is 5.39. The largest absolute Gasteiger partial charge is 0.389 e. The average Bonchev–Trinajstić information content (AvgIpc) is 2.59. The Bertz CT molecular complexity index is 226. The van der Waals surface area contributed by atoms with Gasteiger partial charge in [0.2, 0.25) is 5.91 Å². The van der Waals surface area contributed by atoms with E-state index >= 15 is 0 Å². The zero-order chi connectivity index (χ0) is 10.1. The van der Waals surface area contributed by atoms with Crippen LogP contribution in [0.2, 0.25) is 0 Å². The van der Waals surface area contributed by atoms with Gasteiger partial charge in [-0.1, -0.05) is 6.42 Å². The molecule has 2 aliphatic rings. The van der Waals surface area contributed by atoms with Gasteiger partial charge in [0, 0.05) is 19.0 Å². The molecule has 1 amide bonds. The summed E-state index contributed by atoms with van der Waals surface area (Å²) in [5.74, 6) is 0.719. The maximum Gasteiger partial charge on any atom is 0.226 e. The van der Waals surface area contributed by atoms with Crippen LogP contribution in [0, 0.1) is 11.8 Å². The number of aliphatic hydroxyl groups excluding tert-OH is 1. The highest BCUT2D eigenvalue weighted by Gasteiger charge is 2.38. The van der Waals surface area contributed by atoms with Crippen molar-refractivity contribution in [1.29, 1.82) is 0 Å². The fourth-order valence-electron chi connectivity index (χ4n) is 2.51. The maximum atomic E-state index is 11.9. The number of carbonyl (C=O) groups is 1. The number of hydrogen-bond donors (Lipinski definition) is 2. The second kappa shape index (κ2) is 3.87. The van der Waals surface area contributed by atoms with Crippen molar-refractivity contribution in [2.45, 2.75) is 25.4 Å². The van der Waals surface area contributed by atoms with E-state index < -0.39 is 0 Å². The summed E-state index contributed by atoms with van der Waals surface area (Å²) in [6, 6.07) is 0. The van der Waals surface area contributed by atoms with Crippen molar-refractivity contribution in [2.75, 3.05) is 19.6 Å². The SMILES string of the molecule is NCC1CCCC1C(=O)N1CC(O)C1. The van der Waals surface area contributed by atoms with E-state index in [1.807, 2.05) is 0 Å². The molecule has 1 aliphatic heterocycles. The summed E-state index contributed by atoms with van der Waals surface area (Å²) in [4.78, 5) is 13.7. The molecule has 2 atom stereocenters. The van der Waals surface area contributed by atoms with Crippen LogP contribution in [0.4, 0.5) is 0 Å². The lowest BCUT2D eigenvalue weighted by atomic mass is 9.93. The number of hydrogen-bond acceptors (Lipinski definition) is 3. The minimum absolute atomic E-state index is 0.132. The molecule has 1 heterocycles. The molecular weight excluding hydrogens is 180 g/mol. The molecule has 2 unspecified atom stereocenters. The monoisotopic (exact) mass is 198 g/mol.